The van der Waals surface area contributed by atoms with Crippen LogP contribution in [-0.2, 0) is 0 Å². The van der Waals surface area contributed by atoms with Crippen molar-refractivity contribution in [1.82, 2.24) is 4.90 Å². The van der Waals surface area contributed by atoms with Crippen molar-refractivity contribution < 1.29 is 0 Å². The van der Waals surface area contributed by atoms with E-state index in [-0.39, 0.29) is 0 Å². The maximum absolute atomic E-state index is 2.42. The molecule has 0 bridgehead atoms. The van der Waals surface area contributed by atoms with Crippen LogP contribution in [0.1, 0.15) is 39.5 Å². The summed E-state index contributed by atoms with van der Waals surface area (Å²) < 4.78 is 0. The molecule has 0 aromatic rings. The molecule has 12 heavy (non-hydrogen) atoms. The van der Waals surface area contributed by atoms with Crippen molar-refractivity contribution in [3.63, 3.8) is 0 Å². The topological polar surface area (TPSA) is 3.24 Å². The third-order valence-electron chi connectivity index (χ3n) is 3.18. The highest BCUT2D eigenvalue weighted by Gasteiger charge is 2.31. The standard InChI is InChI=1S/C11H23N/c1-11(2,9-12(3)4)10-7-5-6-8-10/h10H,5-9H2,1-4H3. The molecule has 1 aliphatic carbocycles. The molecule has 0 saturated heterocycles. The molecule has 0 atom stereocenters. The Balaban J connectivity index is 2.45. The summed E-state index contributed by atoms with van der Waals surface area (Å²) in [6.45, 7) is 6.07. The lowest BCUT2D eigenvalue weighted by molar-refractivity contribution is 0.154. The predicted octanol–water partition coefficient (Wildman–Crippen LogP) is 2.76. The van der Waals surface area contributed by atoms with E-state index >= 15 is 0 Å². The average Bonchev–Trinajstić information content (AvgIpc) is 2.32. The van der Waals surface area contributed by atoms with E-state index in [0.29, 0.717) is 5.41 Å². The van der Waals surface area contributed by atoms with E-state index in [0.717, 1.165) is 5.92 Å². The van der Waals surface area contributed by atoms with Crippen molar-refractivity contribution in [2.75, 3.05) is 20.6 Å². The smallest absolute Gasteiger partial charge is 0.00292 e. The molecule has 0 aromatic carbocycles. The second-order valence-electron chi connectivity index (χ2n) is 5.21. The van der Waals surface area contributed by atoms with E-state index in [1.54, 1.807) is 0 Å². The number of hydrogen-bond donors (Lipinski definition) is 0. The average molecular weight is 169 g/mol. The second-order valence-corrected chi connectivity index (χ2v) is 5.21. The SMILES string of the molecule is CN(C)CC(C)(C)C1CCCC1. The van der Waals surface area contributed by atoms with E-state index < -0.39 is 0 Å². The summed E-state index contributed by atoms with van der Waals surface area (Å²) in [5.74, 6) is 0.972. The van der Waals surface area contributed by atoms with Crippen LogP contribution in [0.15, 0.2) is 0 Å². The quantitative estimate of drug-likeness (QED) is 0.628. The van der Waals surface area contributed by atoms with E-state index in [1.165, 1.54) is 32.2 Å². The zero-order valence-corrected chi connectivity index (χ0v) is 9.06. The Morgan fingerprint density at radius 1 is 1.17 bits per heavy atom. The summed E-state index contributed by atoms with van der Waals surface area (Å²) in [6.07, 6.45) is 5.84. The van der Waals surface area contributed by atoms with E-state index in [2.05, 4.69) is 32.8 Å². The van der Waals surface area contributed by atoms with Gasteiger partial charge in [-0.25, -0.2) is 0 Å². The molecule has 1 heteroatoms. The summed E-state index contributed by atoms with van der Waals surface area (Å²) in [5.41, 5.74) is 0.528. The molecule has 1 aliphatic rings. The molecule has 0 aromatic heterocycles. The normalized spacial score (nSPS) is 20.8. The van der Waals surface area contributed by atoms with Crippen molar-refractivity contribution in [2.45, 2.75) is 39.5 Å². The Kier molecular flexibility index (Phi) is 3.16. The highest BCUT2D eigenvalue weighted by Crippen LogP contribution is 2.39. The third-order valence-corrected chi connectivity index (χ3v) is 3.18. The van der Waals surface area contributed by atoms with Gasteiger partial charge >= 0.3 is 0 Å². The first-order valence-electron chi connectivity index (χ1n) is 5.17. The summed E-state index contributed by atoms with van der Waals surface area (Å²) in [5, 5.41) is 0. The molecular weight excluding hydrogens is 146 g/mol. The minimum atomic E-state index is 0.528. The van der Waals surface area contributed by atoms with Gasteiger partial charge in [0.05, 0.1) is 0 Å². The van der Waals surface area contributed by atoms with Gasteiger partial charge in [0, 0.05) is 6.54 Å². The van der Waals surface area contributed by atoms with Crippen LogP contribution in [0.4, 0.5) is 0 Å². The third kappa shape index (κ3) is 2.48. The van der Waals surface area contributed by atoms with Gasteiger partial charge in [0.15, 0.2) is 0 Å². The maximum atomic E-state index is 2.42. The van der Waals surface area contributed by atoms with Gasteiger partial charge in [0.1, 0.15) is 0 Å². The lowest BCUT2D eigenvalue weighted by Gasteiger charge is -2.34. The fourth-order valence-electron chi connectivity index (χ4n) is 2.65. The molecule has 1 nitrogen and oxygen atoms in total. The number of hydrogen-bond acceptors (Lipinski definition) is 1. The van der Waals surface area contributed by atoms with Crippen molar-refractivity contribution in [2.24, 2.45) is 11.3 Å². The van der Waals surface area contributed by atoms with Gasteiger partial charge in [-0.05, 0) is 38.3 Å². The van der Waals surface area contributed by atoms with Crippen LogP contribution in [0.2, 0.25) is 0 Å². The van der Waals surface area contributed by atoms with E-state index in [1.807, 2.05) is 0 Å². The fraction of sp³-hybridized carbons (Fsp3) is 1.00. The first-order chi connectivity index (χ1) is 5.52. The molecule has 1 fully saturated rings. The van der Waals surface area contributed by atoms with Gasteiger partial charge in [-0.2, -0.15) is 0 Å². The highest BCUT2D eigenvalue weighted by atomic mass is 15.1. The Morgan fingerprint density at radius 2 is 1.67 bits per heavy atom. The van der Waals surface area contributed by atoms with Crippen LogP contribution in [0, 0.1) is 11.3 Å². The zero-order chi connectivity index (χ0) is 9.19. The minimum Gasteiger partial charge on any atom is -0.309 e. The van der Waals surface area contributed by atoms with Gasteiger partial charge < -0.3 is 4.90 Å². The molecule has 1 rings (SSSR count). The first kappa shape index (κ1) is 10.0. The van der Waals surface area contributed by atoms with Crippen molar-refractivity contribution >= 4 is 0 Å². The number of rotatable bonds is 3. The summed E-state index contributed by atoms with van der Waals surface area (Å²) in [4.78, 5) is 2.32. The van der Waals surface area contributed by atoms with E-state index in [4.69, 9.17) is 0 Å². The maximum Gasteiger partial charge on any atom is 0.00292 e. The van der Waals surface area contributed by atoms with Crippen LogP contribution in [0.3, 0.4) is 0 Å². The monoisotopic (exact) mass is 169 g/mol. The Labute approximate surface area is 77.1 Å². The zero-order valence-electron chi connectivity index (χ0n) is 9.06. The Bertz CT molecular complexity index is 132. The van der Waals surface area contributed by atoms with Crippen molar-refractivity contribution in [3.8, 4) is 0 Å². The molecule has 0 aliphatic heterocycles. The highest BCUT2D eigenvalue weighted by molar-refractivity contribution is 4.83. The van der Waals surface area contributed by atoms with Crippen LogP contribution in [0.5, 0.6) is 0 Å². The molecule has 1 saturated carbocycles. The molecule has 0 heterocycles. The lowest BCUT2D eigenvalue weighted by atomic mass is 9.77. The second kappa shape index (κ2) is 3.78. The molecule has 72 valence electrons. The molecule has 0 spiro atoms. The molecular formula is C11H23N. The first-order valence-corrected chi connectivity index (χ1v) is 5.17. The van der Waals surface area contributed by atoms with Crippen LogP contribution < -0.4 is 0 Å². The minimum absolute atomic E-state index is 0.528. The molecule has 0 unspecified atom stereocenters. The van der Waals surface area contributed by atoms with Gasteiger partial charge in [-0.15, -0.1) is 0 Å². The summed E-state index contributed by atoms with van der Waals surface area (Å²) in [7, 11) is 4.35. The van der Waals surface area contributed by atoms with Gasteiger partial charge in [-0.3, -0.25) is 0 Å². The predicted molar refractivity (Wildman–Crippen MR) is 54.3 cm³/mol. The van der Waals surface area contributed by atoms with Crippen molar-refractivity contribution in [3.05, 3.63) is 0 Å². The largest absolute Gasteiger partial charge is 0.309 e. The molecule has 0 N–H and O–H groups in total. The van der Waals surface area contributed by atoms with Gasteiger partial charge in [-0.1, -0.05) is 26.7 Å². The lowest BCUT2D eigenvalue weighted by Crippen LogP contribution is -2.34. The van der Waals surface area contributed by atoms with Gasteiger partial charge in [0.2, 0.25) is 0 Å². The Hall–Kier alpha value is -0.0400. The van der Waals surface area contributed by atoms with Crippen molar-refractivity contribution in [1.29, 1.82) is 0 Å². The van der Waals surface area contributed by atoms with E-state index in [9.17, 15) is 0 Å². The summed E-state index contributed by atoms with van der Waals surface area (Å²) >= 11 is 0. The Morgan fingerprint density at radius 3 is 2.08 bits per heavy atom. The summed E-state index contributed by atoms with van der Waals surface area (Å²) in [6, 6.07) is 0. The van der Waals surface area contributed by atoms with Crippen LogP contribution in [-0.4, -0.2) is 25.5 Å². The van der Waals surface area contributed by atoms with Crippen LogP contribution >= 0.6 is 0 Å². The fourth-order valence-corrected chi connectivity index (χ4v) is 2.65. The molecule has 0 radical (unpaired) electrons. The number of nitrogens with zero attached hydrogens (tertiary/aromatic N) is 1. The van der Waals surface area contributed by atoms with Gasteiger partial charge in [0.25, 0.3) is 0 Å². The van der Waals surface area contributed by atoms with Crippen LogP contribution in [0.25, 0.3) is 0 Å². The molecule has 0 amide bonds.